The first kappa shape index (κ1) is 19.1. The predicted octanol–water partition coefficient (Wildman–Crippen LogP) is 4.19. The Bertz CT molecular complexity index is 540. The minimum atomic E-state index is -0.391. The van der Waals surface area contributed by atoms with Gasteiger partial charge in [-0.2, -0.15) is 0 Å². The molecule has 3 rings (SSSR count). The molecule has 2 fully saturated rings. The molecule has 0 aliphatic carbocycles. The summed E-state index contributed by atoms with van der Waals surface area (Å²) in [7, 11) is 0. The third-order valence-electron chi connectivity index (χ3n) is 4.72. The number of hydrogen-bond acceptors (Lipinski definition) is 4. The highest BCUT2D eigenvalue weighted by Crippen LogP contribution is 2.25. The van der Waals surface area contributed by atoms with E-state index in [0.29, 0.717) is 32.0 Å². The average molecular weight is 373 g/mol. The van der Waals surface area contributed by atoms with Crippen molar-refractivity contribution < 1.29 is 23.3 Å². The highest BCUT2D eigenvalue weighted by molar-refractivity contribution is 6.30. The lowest BCUT2D eigenvalue weighted by Gasteiger charge is -2.37. The van der Waals surface area contributed by atoms with Crippen LogP contribution in [0.2, 0.25) is 5.02 Å². The molecule has 0 unspecified atom stereocenters. The number of halogens is 2. The van der Waals surface area contributed by atoms with Gasteiger partial charge < -0.3 is 18.9 Å². The first-order valence-corrected chi connectivity index (χ1v) is 9.43. The predicted molar refractivity (Wildman–Crippen MR) is 93.0 cm³/mol. The van der Waals surface area contributed by atoms with Gasteiger partial charge in [-0.15, -0.1) is 0 Å². The molecule has 0 bridgehead atoms. The third-order valence-corrected chi connectivity index (χ3v) is 5.03. The molecule has 0 N–H and O–H groups in total. The molecule has 0 saturated carbocycles. The van der Waals surface area contributed by atoms with Gasteiger partial charge >= 0.3 is 0 Å². The van der Waals surface area contributed by atoms with E-state index < -0.39 is 5.82 Å². The Balaban J connectivity index is 1.38. The van der Waals surface area contributed by atoms with Crippen LogP contribution >= 0.6 is 11.6 Å². The summed E-state index contributed by atoms with van der Waals surface area (Å²) in [5.41, 5.74) is 0.886. The summed E-state index contributed by atoms with van der Waals surface area (Å²) in [5, 5.41) is 0.144. The average Bonchev–Trinajstić information content (AvgIpc) is 2.64. The molecular formula is C19H26ClFO4. The quantitative estimate of drug-likeness (QED) is 0.750. The Morgan fingerprint density at radius 3 is 2.40 bits per heavy atom. The Kier molecular flexibility index (Phi) is 7.08. The fourth-order valence-corrected chi connectivity index (χ4v) is 3.38. The molecule has 2 heterocycles. The number of rotatable bonds is 6. The van der Waals surface area contributed by atoms with Crippen LogP contribution in [-0.2, 0) is 25.4 Å². The van der Waals surface area contributed by atoms with Gasteiger partial charge in [-0.25, -0.2) is 4.39 Å². The summed E-state index contributed by atoms with van der Waals surface area (Å²) >= 11 is 5.70. The molecule has 140 valence electrons. The second-order valence-corrected chi connectivity index (χ2v) is 7.24. The monoisotopic (exact) mass is 372 g/mol. The zero-order valence-electron chi connectivity index (χ0n) is 14.6. The molecular weight excluding hydrogens is 347 g/mol. The highest BCUT2D eigenvalue weighted by Gasteiger charge is 2.33. The molecule has 2 saturated heterocycles. The van der Waals surface area contributed by atoms with Gasteiger partial charge in [0.15, 0.2) is 12.6 Å². The lowest BCUT2D eigenvalue weighted by atomic mass is 10.0. The number of ether oxygens (including phenoxy) is 4. The Labute approximate surface area is 153 Å². The summed E-state index contributed by atoms with van der Waals surface area (Å²) in [5.74, 6) is 0.212. The van der Waals surface area contributed by atoms with Gasteiger partial charge in [0.2, 0.25) is 0 Å². The molecule has 0 aromatic heterocycles. The maximum absolute atomic E-state index is 13.5. The van der Waals surface area contributed by atoms with E-state index in [9.17, 15) is 4.39 Å². The van der Waals surface area contributed by atoms with E-state index in [2.05, 4.69) is 6.92 Å². The van der Waals surface area contributed by atoms with Crippen molar-refractivity contribution in [2.75, 3.05) is 26.4 Å². The van der Waals surface area contributed by atoms with Crippen LogP contribution in [0.4, 0.5) is 4.39 Å². The van der Waals surface area contributed by atoms with Gasteiger partial charge in [0.25, 0.3) is 0 Å². The summed E-state index contributed by atoms with van der Waals surface area (Å²) < 4.78 is 36.7. The van der Waals surface area contributed by atoms with Gasteiger partial charge in [-0.05, 0) is 30.5 Å². The summed E-state index contributed by atoms with van der Waals surface area (Å²) in [6.45, 7) is 4.79. The third kappa shape index (κ3) is 5.38. The van der Waals surface area contributed by atoms with E-state index >= 15 is 0 Å². The number of benzene rings is 1. The van der Waals surface area contributed by atoms with E-state index in [1.54, 1.807) is 6.07 Å². The van der Waals surface area contributed by atoms with E-state index in [0.717, 1.165) is 31.6 Å². The van der Waals surface area contributed by atoms with E-state index in [1.807, 2.05) is 6.07 Å². The van der Waals surface area contributed by atoms with Crippen molar-refractivity contribution >= 4 is 11.6 Å². The zero-order chi connectivity index (χ0) is 17.6. The fraction of sp³-hybridized carbons (Fsp3) is 0.684. The van der Waals surface area contributed by atoms with Crippen LogP contribution in [-0.4, -0.2) is 39.0 Å². The van der Waals surface area contributed by atoms with Crippen LogP contribution < -0.4 is 0 Å². The summed E-state index contributed by atoms with van der Waals surface area (Å²) in [4.78, 5) is 0. The molecule has 0 amide bonds. The van der Waals surface area contributed by atoms with Gasteiger partial charge in [-0.1, -0.05) is 31.0 Å². The van der Waals surface area contributed by atoms with Gasteiger partial charge in [0.05, 0.1) is 37.4 Å². The van der Waals surface area contributed by atoms with E-state index in [-0.39, 0.29) is 23.5 Å². The van der Waals surface area contributed by atoms with Crippen LogP contribution in [0, 0.1) is 17.7 Å². The zero-order valence-corrected chi connectivity index (χ0v) is 15.3. The van der Waals surface area contributed by atoms with Crippen molar-refractivity contribution in [3.63, 3.8) is 0 Å². The second kappa shape index (κ2) is 9.28. The largest absolute Gasteiger partial charge is 0.352 e. The minimum Gasteiger partial charge on any atom is -0.352 e. The highest BCUT2D eigenvalue weighted by atomic mass is 35.5. The van der Waals surface area contributed by atoms with Gasteiger partial charge in [0, 0.05) is 12.3 Å². The van der Waals surface area contributed by atoms with Crippen LogP contribution in [0.25, 0.3) is 0 Å². The molecule has 0 radical (unpaired) electrons. The van der Waals surface area contributed by atoms with Crippen molar-refractivity contribution in [1.82, 2.24) is 0 Å². The molecule has 1 aromatic rings. The Morgan fingerprint density at radius 2 is 1.76 bits per heavy atom. The molecule has 0 atom stereocenters. The Hall–Kier alpha value is -0.720. The second-order valence-electron chi connectivity index (χ2n) is 6.83. The lowest BCUT2D eigenvalue weighted by molar-refractivity contribution is -0.281. The summed E-state index contributed by atoms with van der Waals surface area (Å²) in [6, 6.07) is 4.87. The van der Waals surface area contributed by atoms with Crippen LogP contribution in [0.5, 0.6) is 0 Å². The van der Waals surface area contributed by atoms with E-state index in [1.165, 1.54) is 6.07 Å². The molecule has 2 aliphatic rings. The SMILES string of the molecule is CCCC1COC(C2COC(CCc3ccc(Cl)c(F)c3)OC2)OC1. The standard InChI is InChI=1S/C19H26ClFO4/c1-2-3-14-9-24-19(25-10-14)15-11-22-18(23-12-15)7-5-13-4-6-16(20)17(21)8-13/h4,6,8,14-15,18-19H,2-3,5,7,9-12H2,1H3. The molecule has 4 nitrogen and oxygen atoms in total. The van der Waals surface area contributed by atoms with Gasteiger partial charge in [0.1, 0.15) is 5.82 Å². The van der Waals surface area contributed by atoms with Crippen molar-refractivity contribution in [1.29, 1.82) is 0 Å². The van der Waals surface area contributed by atoms with Crippen LogP contribution in [0.3, 0.4) is 0 Å². The maximum atomic E-state index is 13.5. The molecule has 0 spiro atoms. The maximum Gasteiger partial charge on any atom is 0.164 e. The smallest absolute Gasteiger partial charge is 0.164 e. The first-order valence-electron chi connectivity index (χ1n) is 9.06. The summed E-state index contributed by atoms with van der Waals surface area (Å²) in [6.07, 6.45) is 3.14. The van der Waals surface area contributed by atoms with Gasteiger partial charge in [-0.3, -0.25) is 0 Å². The van der Waals surface area contributed by atoms with E-state index in [4.69, 9.17) is 30.5 Å². The van der Waals surface area contributed by atoms with Crippen LogP contribution in [0.1, 0.15) is 31.7 Å². The molecule has 25 heavy (non-hydrogen) atoms. The molecule has 1 aromatic carbocycles. The van der Waals surface area contributed by atoms with Crippen molar-refractivity contribution in [2.45, 2.75) is 45.2 Å². The van der Waals surface area contributed by atoms with Crippen LogP contribution in [0.15, 0.2) is 18.2 Å². The lowest BCUT2D eigenvalue weighted by Crippen LogP contribution is -2.44. The fourth-order valence-electron chi connectivity index (χ4n) is 3.27. The van der Waals surface area contributed by atoms with Crippen molar-refractivity contribution in [3.05, 3.63) is 34.6 Å². The Morgan fingerprint density at radius 1 is 1.04 bits per heavy atom. The topological polar surface area (TPSA) is 36.9 Å². The van der Waals surface area contributed by atoms with Crippen molar-refractivity contribution in [2.24, 2.45) is 11.8 Å². The number of hydrogen-bond donors (Lipinski definition) is 0. The first-order chi connectivity index (χ1) is 12.2. The minimum absolute atomic E-state index is 0.104. The molecule has 2 aliphatic heterocycles. The normalized spacial score (nSPS) is 30.4. The van der Waals surface area contributed by atoms with Crippen molar-refractivity contribution in [3.8, 4) is 0 Å². The molecule has 6 heteroatoms. The number of aryl methyl sites for hydroxylation is 1.